The van der Waals surface area contributed by atoms with E-state index in [1.54, 1.807) is 25.3 Å². The van der Waals surface area contributed by atoms with Crippen molar-refractivity contribution in [3.63, 3.8) is 0 Å². The highest BCUT2D eigenvalue weighted by Crippen LogP contribution is 2.29. The van der Waals surface area contributed by atoms with Crippen LogP contribution in [-0.2, 0) is 4.79 Å². The minimum atomic E-state index is -0.276. The summed E-state index contributed by atoms with van der Waals surface area (Å²) in [6.07, 6.45) is 5.23. The highest BCUT2D eigenvalue weighted by Gasteiger charge is 2.24. The smallest absolute Gasteiger partial charge is 0.251 e. The molecule has 0 aromatic heterocycles. The Balaban J connectivity index is 1.65. The topological polar surface area (TPSA) is 76.7 Å². The normalized spacial score (nSPS) is 13.3. The number of hydrogen-bond acceptors (Lipinski definition) is 4. The van der Waals surface area contributed by atoms with Gasteiger partial charge in [-0.3, -0.25) is 9.59 Å². The average Bonchev–Trinajstić information content (AvgIpc) is 3.56. The lowest BCUT2D eigenvalue weighted by molar-refractivity contribution is -0.111. The number of rotatable bonds is 9. The number of amides is 2. The van der Waals surface area contributed by atoms with Crippen LogP contribution in [0, 0.1) is 12.8 Å². The van der Waals surface area contributed by atoms with Crippen molar-refractivity contribution in [3.8, 4) is 11.5 Å². The monoisotopic (exact) mass is 422 g/mol. The van der Waals surface area contributed by atoms with E-state index < -0.39 is 0 Å². The summed E-state index contributed by atoms with van der Waals surface area (Å²) >= 11 is 0. The summed E-state index contributed by atoms with van der Waals surface area (Å²) in [6.45, 7) is 6.66. The molecular formula is C25H30N2O4. The van der Waals surface area contributed by atoms with Crippen LogP contribution >= 0.6 is 0 Å². The summed E-state index contributed by atoms with van der Waals surface area (Å²) in [5, 5.41) is 5.82. The van der Waals surface area contributed by atoms with E-state index in [1.165, 1.54) is 6.08 Å². The molecular weight excluding hydrogens is 392 g/mol. The zero-order chi connectivity index (χ0) is 22.4. The number of benzene rings is 2. The molecule has 0 atom stereocenters. The number of aryl methyl sites for hydroxylation is 1. The van der Waals surface area contributed by atoms with Gasteiger partial charge in [0.05, 0.1) is 13.7 Å². The molecule has 0 spiro atoms. The highest BCUT2D eigenvalue weighted by atomic mass is 16.5. The van der Waals surface area contributed by atoms with E-state index in [4.69, 9.17) is 9.47 Å². The summed E-state index contributed by atoms with van der Waals surface area (Å²) < 4.78 is 11.2. The van der Waals surface area contributed by atoms with Gasteiger partial charge in [-0.1, -0.05) is 26.0 Å². The standard InChI is InChI=1S/C25H30N2O4/c1-16(2)15-31-22-11-6-18(13-23(22)30-4)7-12-24(28)27-21-14-19(8-5-17(21)3)25(29)26-20-9-10-20/h5-8,11-14,16,20H,9-10,15H2,1-4H3,(H,26,29)(H,27,28)/b12-7+. The lowest BCUT2D eigenvalue weighted by atomic mass is 10.1. The first-order chi connectivity index (χ1) is 14.9. The van der Waals surface area contributed by atoms with Crippen LogP contribution in [0.2, 0.25) is 0 Å². The summed E-state index contributed by atoms with van der Waals surface area (Å²) in [7, 11) is 1.59. The van der Waals surface area contributed by atoms with E-state index >= 15 is 0 Å². The Hall–Kier alpha value is -3.28. The van der Waals surface area contributed by atoms with Crippen LogP contribution in [0.15, 0.2) is 42.5 Å². The second-order valence-corrected chi connectivity index (χ2v) is 8.22. The molecule has 1 saturated carbocycles. The maximum Gasteiger partial charge on any atom is 0.251 e. The molecule has 6 nitrogen and oxygen atoms in total. The van der Waals surface area contributed by atoms with E-state index in [-0.39, 0.29) is 17.9 Å². The third kappa shape index (κ3) is 6.60. The van der Waals surface area contributed by atoms with Crippen LogP contribution in [0.3, 0.4) is 0 Å². The number of anilines is 1. The Morgan fingerprint density at radius 1 is 1.13 bits per heavy atom. The van der Waals surface area contributed by atoms with Gasteiger partial charge in [-0.15, -0.1) is 0 Å². The van der Waals surface area contributed by atoms with Gasteiger partial charge in [0.2, 0.25) is 5.91 Å². The number of ether oxygens (including phenoxy) is 2. The van der Waals surface area contributed by atoms with Gasteiger partial charge in [0.1, 0.15) is 0 Å². The molecule has 2 aromatic carbocycles. The molecule has 31 heavy (non-hydrogen) atoms. The third-order valence-electron chi connectivity index (χ3n) is 4.86. The Labute approximate surface area is 183 Å². The third-order valence-corrected chi connectivity index (χ3v) is 4.86. The summed E-state index contributed by atoms with van der Waals surface area (Å²) in [4.78, 5) is 24.7. The van der Waals surface area contributed by atoms with E-state index in [0.29, 0.717) is 35.3 Å². The molecule has 164 valence electrons. The van der Waals surface area contributed by atoms with Crippen molar-refractivity contribution in [2.24, 2.45) is 5.92 Å². The van der Waals surface area contributed by atoms with Crippen molar-refractivity contribution >= 4 is 23.6 Å². The van der Waals surface area contributed by atoms with Gasteiger partial charge in [-0.25, -0.2) is 0 Å². The Bertz CT molecular complexity index is 977. The van der Waals surface area contributed by atoms with Crippen LogP contribution in [-0.4, -0.2) is 31.6 Å². The maximum absolute atomic E-state index is 12.5. The molecule has 0 unspecified atom stereocenters. The minimum absolute atomic E-state index is 0.111. The minimum Gasteiger partial charge on any atom is -0.493 e. The highest BCUT2D eigenvalue weighted by molar-refractivity contribution is 6.03. The molecule has 2 aromatic rings. The predicted octanol–water partition coefficient (Wildman–Crippen LogP) is 4.58. The van der Waals surface area contributed by atoms with E-state index in [2.05, 4.69) is 24.5 Å². The first-order valence-corrected chi connectivity index (χ1v) is 10.6. The molecule has 1 aliphatic carbocycles. The lowest BCUT2D eigenvalue weighted by Gasteiger charge is -2.13. The zero-order valence-corrected chi connectivity index (χ0v) is 18.5. The molecule has 2 N–H and O–H groups in total. The van der Waals surface area contributed by atoms with Gasteiger partial charge in [-0.05, 0) is 67.2 Å². The SMILES string of the molecule is COc1cc(/C=C/C(=O)Nc2cc(C(=O)NC3CC3)ccc2C)ccc1OCC(C)C. The summed E-state index contributed by atoms with van der Waals surface area (Å²) in [5.74, 6) is 1.32. The van der Waals surface area contributed by atoms with Gasteiger partial charge in [0.25, 0.3) is 5.91 Å². The Morgan fingerprint density at radius 3 is 2.58 bits per heavy atom. The molecule has 0 aliphatic heterocycles. The molecule has 1 fully saturated rings. The fourth-order valence-corrected chi connectivity index (χ4v) is 2.90. The van der Waals surface area contributed by atoms with Crippen molar-refractivity contribution in [1.82, 2.24) is 5.32 Å². The lowest BCUT2D eigenvalue weighted by Crippen LogP contribution is -2.25. The van der Waals surface area contributed by atoms with Crippen molar-refractivity contribution < 1.29 is 19.1 Å². The molecule has 3 rings (SSSR count). The number of methoxy groups -OCH3 is 1. The fourth-order valence-electron chi connectivity index (χ4n) is 2.90. The largest absolute Gasteiger partial charge is 0.493 e. The fraction of sp³-hybridized carbons (Fsp3) is 0.360. The summed E-state index contributed by atoms with van der Waals surface area (Å²) in [6, 6.07) is 11.1. The molecule has 0 radical (unpaired) electrons. The molecule has 0 saturated heterocycles. The van der Waals surface area contributed by atoms with Gasteiger partial charge in [0.15, 0.2) is 11.5 Å². The van der Waals surface area contributed by atoms with E-state index in [0.717, 1.165) is 24.0 Å². The molecule has 0 bridgehead atoms. The van der Waals surface area contributed by atoms with Crippen molar-refractivity contribution in [2.75, 3.05) is 19.0 Å². The molecule has 0 heterocycles. The first kappa shape index (κ1) is 22.4. The van der Waals surface area contributed by atoms with Gasteiger partial charge >= 0.3 is 0 Å². The van der Waals surface area contributed by atoms with Gasteiger partial charge in [0, 0.05) is 23.4 Å². The van der Waals surface area contributed by atoms with E-state index in [9.17, 15) is 9.59 Å². The average molecular weight is 423 g/mol. The van der Waals surface area contributed by atoms with Gasteiger partial charge < -0.3 is 20.1 Å². The second kappa shape index (κ2) is 10.2. The Morgan fingerprint density at radius 2 is 1.90 bits per heavy atom. The first-order valence-electron chi connectivity index (χ1n) is 10.6. The quantitative estimate of drug-likeness (QED) is 0.580. The Kier molecular flexibility index (Phi) is 7.34. The van der Waals surface area contributed by atoms with Crippen molar-refractivity contribution in [2.45, 2.75) is 39.7 Å². The second-order valence-electron chi connectivity index (χ2n) is 8.22. The number of nitrogens with one attached hydrogen (secondary N) is 2. The number of hydrogen-bond donors (Lipinski definition) is 2. The van der Waals surface area contributed by atoms with Crippen LogP contribution in [0.25, 0.3) is 6.08 Å². The summed E-state index contributed by atoms with van der Waals surface area (Å²) in [5.41, 5.74) is 2.86. The predicted molar refractivity (Wildman–Crippen MR) is 123 cm³/mol. The van der Waals surface area contributed by atoms with Crippen LogP contribution in [0.5, 0.6) is 11.5 Å². The zero-order valence-electron chi connectivity index (χ0n) is 18.5. The van der Waals surface area contributed by atoms with Gasteiger partial charge in [-0.2, -0.15) is 0 Å². The molecule has 1 aliphatic rings. The van der Waals surface area contributed by atoms with E-state index in [1.807, 2.05) is 31.2 Å². The maximum atomic E-state index is 12.5. The number of carbonyl (C=O) groups is 2. The molecule has 2 amide bonds. The molecule has 6 heteroatoms. The van der Waals surface area contributed by atoms with Crippen molar-refractivity contribution in [3.05, 3.63) is 59.2 Å². The van der Waals surface area contributed by atoms with Crippen LogP contribution < -0.4 is 20.1 Å². The number of carbonyl (C=O) groups excluding carboxylic acids is 2. The van der Waals surface area contributed by atoms with Crippen LogP contribution in [0.4, 0.5) is 5.69 Å². The van der Waals surface area contributed by atoms with Crippen LogP contribution in [0.1, 0.15) is 48.2 Å². The van der Waals surface area contributed by atoms with Crippen molar-refractivity contribution in [1.29, 1.82) is 0 Å².